The first-order valence-electron chi connectivity index (χ1n) is 6.41. The van der Waals surface area contributed by atoms with Gasteiger partial charge in [0.1, 0.15) is 6.29 Å². The number of hydrogen-bond donors (Lipinski definition) is 1. The van der Waals surface area contributed by atoms with Gasteiger partial charge in [0.25, 0.3) is 0 Å². The molecule has 0 unspecified atom stereocenters. The zero-order valence-corrected chi connectivity index (χ0v) is 11.5. The number of fused-ring (bicyclic) bond motifs is 1. The molecular weight excluding hydrogens is 272 g/mol. The minimum Gasteiger partial charge on any atom is -0.303 e. The van der Waals surface area contributed by atoms with Gasteiger partial charge >= 0.3 is 0 Å². The van der Waals surface area contributed by atoms with E-state index in [0.29, 0.717) is 11.6 Å². The van der Waals surface area contributed by atoms with E-state index < -0.39 is 0 Å². The van der Waals surface area contributed by atoms with Crippen molar-refractivity contribution in [3.05, 3.63) is 64.8 Å². The van der Waals surface area contributed by atoms with Crippen LogP contribution < -0.4 is 0 Å². The van der Waals surface area contributed by atoms with Crippen LogP contribution in [0.1, 0.15) is 23.5 Å². The minimum atomic E-state index is 0.0454. The van der Waals surface area contributed by atoms with E-state index in [4.69, 9.17) is 11.6 Å². The Morgan fingerprint density at radius 1 is 1.15 bits per heavy atom. The smallest absolute Gasteiger partial charge is 0.158 e. The fourth-order valence-corrected chi connectivity index (χ4v) is 2.66. The molecule has 1 atom stereocenters. The summed E-state index contributed by atoms with van der Waals surface area (Å²) < 4.78 is 0. The Balaban J connectivity index is 2.09. The van der Waals surface area contributed by atoms with Crippen LogP contribution >= 0.6 is 11.6 Å². The molecule has 0 saturated heterocycles. The predicted octanol–water partition coefficient (Wildman–Crippen LogP) is 3.94. The number of aromatic nitrogens is 2. The molecule has 0 spiro atoms. The van der Waals surface area contributed by atoms with Crippen molar-refractivity contribution >= 4 is 28.8 Å². The van der Waals surface area contributed by atoms with Gasteiger partial charge in [0, 0.05) is 17.7 Å². The van der Waals surface area contributed by atoms with E-state index in [-0.39, 0.29) is 5.92 Å². The number of aldehydes is 1. The Morgan fingerprint density at radius 3 is 2.70 bits per heavy atom. The van der Waals surface area contributed by atoms with Crippen LogP contribution in [0.25, 0.3) is 10.9 Å². The lowest BCUT2D eigenvalue weighted by atomic mass is 9.88. The first kappa shape index (κ1) is 12.9. The van der Waals surface area contributed by atoms with Crippen molar-refractivity contribution < 1.29 is 4.79 Å². The average molecular weight is 285 g/mol. The first-order valence-corrected chi connectivity index (χ1v) is 6.79. The molecule has 100 valence electrons. The molecule has 0 bridgehead atoms. The van der Waals surface area contributed by atoms with Gasteiger partial charge in [-0.15, -0.1) is 0 Å². The van der Waals surface area contributed by atoms with Crippen LogP contribution in [0.3, 0.4) is 0 Å². The van der Waals surface area contributed by atoms with Crippen molar-refractivity contribution in [2.45, 2.75) is 12.3 Å². The normalized spacial score (nSPS) is 12.4. The Morgan fingerprint density at radius 2 is 1.95 bits per heavy atom. The van der Waals surface area contributed by atoms with Gasteiger partial charge in [-0.1, -0.05) is 48.0 Å². The van der Waals surface area contributed by atoms with E-state index in [1.165, 1.54) is 0 Å². The zero-order chi connectivity index (χ0) is 13.9. The van der Waals surface area contributed by atoms with Crippen molar-refractivity contribution in [2.75, 3.05) is 0 Å². The molecule has 0 aliphatic carbocycles. The van der Waals surface area contributed by atoms with Crippen LogP contribution in [0.5, 0.6) is 0 Å². The first-order chi connectivity index (χ1) is 9.79. The van der Waals surface area contributed by atoms with Gasteiger partial charge in [-0.2, -0.15) is 5.10 Å². The number of aromatic amines is 1. The third-order valence-corrected chi connectivity index (χ3v) is 3.76. The highest BCUT2D eigenvalue weighted by Crippen LogP contribution is 2.31. The number of hydrogen-bond acceptors (Lipinski definition) is 2. The molecule has 1 heterocycles. The SMILES string of the molecule is O=CC[C@H](c1ccccc1)c1ccc2[nH]nc(Cl)c2c1. The second kappa shape index (κ2) is 5.47. The second-order valence-corrected chi connectivity index (χ2v) is 5.04. The number of benzene rings is 2. The van der Waals surface area contributed by atoms with Gasteiger partial charge < -0.3 is 4.79 Å². The van der Waals surface area contributed by atoms with Gasteiger partial charge in [-0.3, -0.25) is 5.10 Å². The van der Waals surface area contributed by atoms with Crippen LogP contribution in [0, 0.1) is 0 Å². The molecule has 0 saturated carbocycles. The monoisotopic (exact) mass is 284 g/mol. The summed E-state index contributed by atoms with van der Waals surface area (Å²) in [5.41, 5.74) is 3.09. The van der Waals surface area contributed by atoms with E-state index in [2.05, 4.69) is 10.2 Å². The number of rotatable bonds is 4. The molecule has 1 aromatic heterocycles. The summed E-state index contributed by atoms with van der Waals surface area (Å²) in [5, 5.41) is 8.20. The molecule has 20 heavy (non-hydrogen) atoms. The van der Waals surface area contributed by atoms with Gasteiger partial charge in [0.15, 0.2) is 5.15 Å². The van der Waals surface area contributed by atoms with Gasteiger partial charge in [0.2, 0.25) is 0 Å². The molecule has 1 N–H and O–H groups in total. The lowest BCUT2D eigenvalue weighted by molar-refractivity contribution is -0.108. The van der Waals surface area contributed by atoms with E-state index in [1.807, 2.05) is 48.5 Å². The number of H-pyrrole nitrogens is 1. The van der Waals surface area contributed by atoms with Crippen LogP contribution in [0.2, 0.25) is 5.15 Å². The number of halogens is 1. The van der Waals surface area contributed by atoms with Crippen molar-refractivity contribution in [1.82, 2.24) is 10.2 Å². The van der Waals surface area contributed by atoms with Crippen LogP contribution in [0.15, 0.2) is 48.5 Å². The largest absolute Gasteiger partial charge is 0.303 e. The van der Waals surface area contributed by atoms with Gasteiger partial charge in [-0.25, -0.2) is 0 Å². The molecule has 3 rings (SSSR count). The third kappa shape index (κ3) is 2.32. The fourth-order valence-electron chi connectivity index (χ4n) is 2.46. The maximum Gasteiger partial charge on any atom is 0.158 e. The predicted molar refractivity (Wildman–Crippen MR) is 80.1 cm³/mol. The maximum atomic E-state index is 11.0. The molecule has 3 nitrogen and oxygen atoms in total. The number of nitrogens with zero attached hydrogens (tertiary/aromatic N) is 1. The Kier molecular flexibility index (Phi) is 3.52. The molecule has 0 aliphatic rings. The number of carbonyl (C=O) groups excluding carboxylic acids is 1. The van der Waals surface area contributed by atoms with Crippen molar-refractivity contribution in [2.24, 2.45) is 0 Å². The van der Waals surface area contributed by atoms with E-state index in [0.717, 1.165) is 28.3 Å². The molecule has 0 amide bonds. The summed E-state index contributed by atoms with van der Waals surface area (Å²) in [7, 11) is 0. The lowest BCUT2D eigenvalue weighted by Gasteiger charge is -2.15. The summed E-state index contributed by atoms with van der Waals surface area (Å²) in [6.45, 7) is 0. The molecular formula is C16H13ClN2O. The second-order valence-electron chi connectivity index (χ2n) is 4.69. The number of carbonyl (C=O) groups is 1. The van der Waals surface area contributed by atoms with Crippen molar-refractivity contribution in [1.29, 1.82) is 0 Å². The van der Waals surface area contributed by atoms with Gasteiger partial charge in [0.05, 0.1) is 5.52 Å². The molecule has 0 radical (unpaired) electrons. The Hall–Kier alpha value is -2.13. The van der Waals surface area contributed by atoms with E-state index >= 15 is 0 Å². The Bertz CT molecular complexity index is 737. The summed E-state index contributed by atoms with van der Waals surface area (Å²) in [4.78, 5) is 11.0. The summed E-state index contributed by atoms with van der Waals surface area (Å²) in [6.07, 6.45) is 1.41. The highest BCUT2D eigenvalue weighted by atomic mass is 35.5. The zero-order valence-electron chi connectivity index (χ0n) is 10.7. The van der Waals surface area contributed by atoms with Crippen molar-refractivity contribution in [3.8, 4) is 0 Å². The molecule has 4 heteroatoms. The van der Waals surface area contributed by atoms with Crippen LogP contribution in [0.4, 0.5) is 0 Å². The summed E-state index contributed by atoms with van der Waals surface area (Å²) in [5.74, 6) is 0.0454. The molecule has 3 aromatic rings. The summed E-state index contributed by atoms with van der Waals surface area (Å²) >= 11 is 6.06. The van der Waals surface area contributed by atoms with E-state index in [1.54, 1.807) is 0 Å². The maximum absolute atomic E-state index is 11.0. The van der Waals surface area contributed by atoms with E-state index in [9.17, 15) is 4.79 Å². The number of nitrogens with one attached hydrogen (secondary N) is 1. The fraction of sp³-hybridized carbons (Fsp3) is 0.125. The molecule has 0 fully saturated rings. The molecule has 2 aromatic carbocycles. The topological polar surface area (TPSA) is 45.8 Å². The molecule has 0 aliphatic heterocycles. The Labute approximate surface area is 121 Å². The quantitative estimate of drug-likeness (QED) is 0.738. The average Bonchev–Trinajstić information content (AvgIpc) is 2.87. The lowest BCUT2D eigenvalue weighted by Crippen LogP contribution is -2.01. The standard InChI is InChI=1S/C16H13ClN2O/c17-16-14-10-12(6-7-15(14)18-19-16)13(8-9-20)11-4-2-1-3-5-11/h1-7,9-10,13H,8H2,(H,18,19)/t13-/m1/s1. The van der Waals surface area contributed by atoms with Crippen LogP contribution in [-0.2, 0) is 4.79 Å². The highest BCUT2D eigenvalue weighted by Gasteiger charge is 2.15. The summed E-state index contributed by atoms with van der Waals surface area (Å²) in [6, 6.07) is 16.0. The highest BCUT2D eigenvalue weighted by molar-refractivity contribution is 6.34. The van der Waals surface area contributed by atoms with Crippen molar-refractivity contribution in [3.63, 3.8) is 0 Å². The van der Waals surface area contributed by atoms with Gasteiger partial charge in [-0.05, 0) is 23.3 Å². The minimum absolute atomic E-state index is 0.0454. The van der Waals surface area contributed by atoms with Crippen LogP contribution in [-0.4, -0.2) is 16.5 Å². The third-order valence-electron chi connectivity index (χ3n) is 3.48.